The Kier molecular flexibility index (Phi) is 3.76. The van der Waals surface area contributed by atoms with Crippen LogP contribution in [0.15, 0.2) is 42.5 Å². The van der Waals surface area contributed by atoms with Crippen LogP contribution >= 0.6 is 0 Å². The van der Waals surface area contributed by atoms with Gasteiger partial charge in [0.25, 0.3) is 0 Å². The van der Waals surface area contributed by atoms with E-state index in [1.807, 2.05) is 30.3 Å². The first-order chi connectivity index (χ1) is 11.0. The first-order valence-electron chi connectivity index (χ1n) is 7.51. The van der Waals surface area contributed by atoms with Gasteiger partial charge in [-0.3, -0.25) is 4.79 Å². The maximum atomic E-state index is 12.6. The zero-order chi connectivity index (χ0) is 16.6. The fourth-order valence-corrected chi connectivity index (χ4v) is 3.20. The monoisotopic (exact) mass is 312 g/mol. The largest absolute Gasteiger partial charge is 0.497 e. The van der Waals surface area contributed by atoms with E-state index in [1.165, 1.54) is 0 Å². The molecule has 0 aliphatic carbocycles. The molecule has 1 aliphatic rings. The van der Waals surface area contributed by atoms with Crippen molar-refractivity contribution < 1.29 is 19.0 Å². The molecule has 1 heterocycles. The van der Waals surface area contributed by atoms with Gasteiger partial charge < -0.3 is 14.2 Å². The fraction of sp³-hybridized carbons (Fsp3) is 0.316. The number of hydrogen-bond acceptors (Lipinski definition) is 4. The number of fused-ring (bicyclic) bond motifs is 1. The zero-order valence-corrected chi connectivity index (χ0v) is 13.8. The lowest BCUT2D eigenvalue weighted by molar-refractivity contribution is -0.139. The minimum Gasteiger partial charge on any atom is -0.497 e. The van der Waals surface area contributed by atoms with E-state index < -0.39 is 5.41 Å². The van der Waals surface area contributed by atoms with Crippen LogP contribution in [0.1, 0.15) is 30.9 Å². The average Bonchev–Trinajstić information content (AvgIpc) is 2.55. The van der Waals surface area contributed by atoms with Crippen LogP contribution in [0.2, 0.25) is 0 Å². The molecule has 1 unspecified atom stereocenters. The lowest BCUT2D eigenvalue weighted by atomic mass is 9.68. The predicted molar refractivity (Wildman–Crippen MR) is 87.4 cm³/mol. The lowest BCUT2D eigenvalue weighted by Gasteiger charge is -2.38. The highest BCUT2D eigenvalue weighted by Gasteiger charge is 2.45. The van der Waals surface area contributed by atoms with Crippen molar-refractivity contribution in [2.75, 3.05) is 14.2 Å². The molecule has 1 atom stereocenters. The molecule has 0 saturated carbocycles. The Bertz CT molecular complexity index is 732. The topological polar surface area (TPSA) is 44.8 Å². The van der Waals surface area contributed by atoms with E-state index in [-0.39, 0.29) is 11.9 Å². The molecule has 4 heteroatoms. The van der Waals surface area contributed by atoms with E-state index in [1.54, 1.807) is 26.4 Å². The number of ether oxygens (including phenoxy) is 3. The molecule has 120 valence electrons. The third-order valence-electron chi connectivity index (χ3n) is 4.50. The van der Waals surface area contributed by atoms with Gasteiger partial charge in [0, 0.05) is 11.0 Å². The van der Waals surface area contributed by atoms with Crippen molar-refractivity contribution in [2.24, 2.45) is 0 Å². The second-order valence-corrected chi connectivity index (χ2v) is 6.21. The van der Waals surface area contributed by atoms with Crippen molar-refractivity contribution >= 4 is 5.97 Å². The van der Waals surface area contributed by atoms with Crippen molar-refractivity contribution in [1.29, 1.82) is 0 Å². The first-order valence-corrected chi connectivity index (χ1v) is 7.51. The predicted octanol–water partition coefficient (Wildman–Crippen LogP) is 3.68. The van der Waals surface area contributed by atoms with Crippen LogP contribution in [-0.4, -0.2) is 20.2 Å². The summed E-state index contributed by atoms with van der Waals surface area (Å²) in [4.78, 5) is 12.6. The Labute approximate surface area is 136 Å². The summed E-state index contributed by atoms with van der Waals surface area (Å²) in [6.07, 6.45) is 0. The minimum absolute atomic E-state index is 0.238. The van der Waals surface area contributed by atoms with Gasteiger partial charge in [0.2, 0.25) is 0 Å². The van der Waals surface area contributed by atoms with Crippen LogP contribution in [0.5, 0.6) is 17.2 Å². The van der Waals surface area contributed by atoms with Crippen molar-refractivity contribution in [3.05, 3.63) is 53.6 Å². The summed E-state index contributed by atoms with van der Waals surface area (Å²) in [6.45, 7) is 4.11. The Balaban J connectivity index is 2.08. The van der Waals surface area contributed by atoms with Crippen LogP contribution in [0.4, 0.5) is 0 Å². The molecule has 0 bridgehead atoms. The Hall–Kier alpha value is -2.49. The third-order valence-corrected chi connectivity index (χ3v) is 4.50. The molecule has 0 saturated heterocycles. The molecule has 0 spiro atoms. The van der Waals surface area contributed by atoms with Crippen molar-refractivity contribution in [1.82, 2.24) is 0 Å². The maximum absolute atomic E-state index is 12.6. The van der Waals surface area contributed by atoms with E-state index in [2.05, 4.69) is 13.8 Å². The first kappa shape index (κ1) is 15.4. The second kappa shape index (κ2) is 5.61. The summed E-state index contributed by atoms with van der Waals surface area (Å²) in [7, 11) is 3.25. The van der Waals surface area contributed by atoms with E-state index in [0.717, 1.165) is 22.6 Å². The Morgan fingerprint density at radius 2 is 1.57 bits per heavy atom. The molecule has 0 amide bonds. The van der Waals surface area contributed by atoms with Gasteiger partial charge in [0.05, 0.1) is 20.1 Å². The highest BCUT2D eigenvalue weighted by atomic mass is 16.5. The molecule has 0 fully saturated rings. The Morgan fingerprint density at radius 3 is 2.17 bits per heavy atom. The van der Waals surface area contributed by atoms with E-state index in [9.17, 15) is 4.79 Å². The molecule has 0 aromatic heterocycles. The quantitative estimate of drug-likeness (QED) is 0.640. The smallest absolute Gasteiger partial charge is 0.319 e. The van der Waals surface area contributed by atoms with E-state index >= 15 is 0 Å². The molecular weight excluding hydrogens is 292 g/mol. The molecular formula is C19H20O4. The second-order valence-electron chi connectivity index (χ2n) is 6.21. The summed E-state index contributed by atoms with van der Waals surface area (Å²) in [5.74, 6) is 1.50. The maximum Gasteiger partial charge on any atom is 0.319 e. The number of esters is 1. The Morgan fingerprint density at radius 1 is 0.957 bits per heavy atom. The lowest BCUT2D eigenvalue weighted by Crippen LogP contribution is -2.39. The van der Waals surface area contributed by atoms with E-state index in [0.29, 0.717) is 5.75 Å². The van der Waals surface area contributed by atoms with Gasteiger partial charge in [-0.2, -0.15) is 0 Å². The van der Waals surface area contributed by atoms with Gasteiger partial charge in [0.15, 0.2) is 0 Å². The summed E-state index contributed by atoms with van der Waals surface area (Å²) in [5.41, 5.74) is 1.47. The zero-order valence-electron chi connectivity index (χ0n) is 13.8. The normalized spacial score (nSPS) is 18.8. The summed E-state index contributed by atoms with van der Waals surface area (Å²) in [5, 5.41) is 0. The standard InChI is InChI=1S/C19H20O4/c1-19(2)15-11-14(22-4)9-10-16(15)23-18(20)17(19)12-5-7-13(21-3)8-6-12/h5-11,17H,1-4H3. The summed E-state index contributed by atoms with van der Waals surface area (Å²) in [6, 6.07) is 13.1. The minimum atomic E-state index is -0.409. The SMILES string of the molecule is COc1ccc(C2C(=O)Oc3ccc(OC)cc3C2(C)C)cc1. The summed E-state index contributed by atoms with van der Waals surface area (Å²) >= 11 is 0. The van der Waals surface area contributed by atoms with Gasteiger partial charge in [-0.25, -0.2) is 0 Å². The number of benzene rings is 2. The molecule has 4 nitrogen and oxygen atoms in total. The molecule has 23 heavy (non-hydrogen) atoms. The molecule has 2 aromatic carbocycles. The van der Waals surface area contributed by atoms with E-state index in [4.69, 9.17) is 14.2 Å². The van der Waals surface area contributed by atoms with Crippen LogP contribution in [0.3, 0.4) is 0 Å². The number of carbonyl (C=O) groups excluding carboxylic acids is 1. The van der Waals surface area contributed by atoms with Crippen LogP contribution < -0.4 is 14.2 Å². The summed E-state index contributed by atoms with van der Waals surface area (Å²) < 4.78 is 16.1. The van der Waals surface area contributed by atoms with Gasteiger partial charge in [-0.05, 0) is 35.9 Å². The number of methoxy groups -OCH3 is 2. The van der Waals surface area contributed by atoms with Gasteiger partial charge in [0.1, 0.15) is 17.2 Å². The van der Waals surface area contributed by atoms with Gasteiger partial charge >= 0.3 is 5.97 Å². The molecule has 3 rings (SSSR count). The molecule has 0 N–H and O–H groups in total. The third kappa shape index (κ3) is 2.54. The van der Waals surface area contributed by atoms with Crippen molar-refractivity contribution in [3.63, 3.8) is 0 Å². The highest BCUT2D eigenvalue weighted by Crippen LogP contribution is 2.48. The number of carbonyl (C=O) groups is 1. The van der Waals surface area contributed by atoms with Crippen molar-refractivity contribution in [3.8, 4) is 17.2 Å². The van der Waals surface area contributed by atoms with Crippen LogP contribution in [0.25, 0.3) is 0 Å². The van der Waals surface area contributed by atoms with Gasteiger partial charge in [-0.1, -0.05) is 26.0 Å². The van der Waals surface area contributed by atoms with Crippen molar-refractivity contribution in [2.45, 2.75) is 25.2 Å². The highest BCUT2D eigenvalue weighted by molar-refractivity contribution is 5.85. The average molecular weight is 312 g/mol. The van der Waals surface area contributed by atoms with Crippen LogP contribution in [-0.2, 0) is 10.2 Å². The fourth-order valence-electron chi connectivity index (χ4n) is 3.20. The van der Waals surface area contributed by atoms with Crippen LogP contribution in [0, 0.1) is 0 Å². The molecule has 0 radical (unpaired) electrons. The van der Waals surface area contributed by atoms with Gasteiger partial charge in [-0.15, -0.1) is 0 Å². The molecule has 1 aliphatic heterocycles. The number of hydrogen-bond donors (Lipinski definition) is 0. The molecule has 2 aromatic rings. The number of rotatable bonds is 3.